The molecule has 0 aliphatic rings. The zero-order valence-electron chi connectivity index (χ0n) is 13.2. The number of hydrogen-bond donors (Lipinski definition) is 0. The molecule has 0 fully saturated rings. The lowest BCUT2D eigenvalue weighted by atomic mass is 10.1. The summed E-state index contributed by atoms with van der Waals surface area (Å²) in [6.07, 6.45) is 3.83. The Balaban J connectivity index is 2.08. The van der Waals surface area contributed by atoms with Gasteiger partial charge >= 0.3 is 0 Å². The summed E-state index contributed by atoms with van der Waals surface area (Å²) < 4.78 is 8.00. The highest BCUT2D eigenvalue weighted by Crippen LogP contribution is 2.32. The second-order valence-corrected chi connectivity index (χ2v) is 7.35. The van der Waals surface area contributed by atoms with Crippen molar-refractivity contribution in [3.05, 3.63) is 64.3 Å². The van der Waals surface area contributed by atoms with Crippen LogP contribution in [0.25, 0.3) is 10.1 Å². The second kappa shape index (κ2) is 7.20. The predicted octanol–water partition coefficient (Wildman–Crippen LogP) is 5.73. The van der Waals surface area contributed by atoms with Gasteiger partial charge in [0.15, 0.2) is 5.43 Å². The van der Waals surface area contributed by atoms with Crippen molar-refractivity contribution in [1.82, 2.24) is 0 Å². The molecule has 0 amide bonds. The maximum Gasteiger partial charge on any atom is 0.192 e. The van der Waals surface area contributed by atoms with E-state index in [1.54, 1.807) is 23.1 Å². The fourth-order valence-electron chi connectivity index (χ4n) is 2.51. The van der Waals surface area contributed by atoms with E-state index in [1.165, 1.54) is 0 Å². The highest BCUT2D eigenvalue weighted by atomic mass is 32.2. The van der Waals surface area contributed by atoms with E-state index < -0.39 is 0 Å². The molecule has 4 heteroatoms. The molecule has 0 aliphatic heterocycles. The Morgan fingerprint density at radius 2 is 1.87 bits per heavy atom. The molecule has 0 radical (unpaired) electrons. The first-order valence-electron chi connectivity index (χ1n) is 7.59. The van der Waals surface area contributed by atoms with E-state index in [-0.39, 0.29) is 5.43 Å². The fourth-order valence-corrected chi connectivity index (χ4v) is 4.47. The van der Waals surface area contributed by atoms with Gasteiger partial charge in [0.2, 0.25) is 0 Å². The third-order valence-corrected chi connectivity index (χ3v) is 5.96. The number of hydrogen-bond acceptors (Lipinski definition) is 4. The van der Waals surface area contributed by atoms with Crippen molar-refractivity contribution in [1.29, 1.82) is 0 Å². The summed E-state index contributed by atoms with van der Waals surface area (Å²) in [6.45, 7) is 2.10. The van der Waals surface area contributed by atoms with Crippen LogP contribution in [0.15, 0.2) is 57.5 Å². The minimum atomic E-state index is 0.142. The van der Waals surface area contributed by atoms with E-state index in [2.05, 4.69) is 6.92 Å². The molecular weight excluding hydrogens is 324 g/mol. The molecule has 0 saturated heterocycles. The number of para-hydroxylation sites is 1. The van der Waals surface area contributed by atoms with Gasteiger partial charge in [0.05, 0.1) is 4.21 Å². The molecule has 0 N–H and O–H groups in total. The Hall–Kier alpha value is -1.78. The number of benzene rings is 2. The molecule has 0 saturated carbocycles. The van der Waals surface area contributed by atoms with Crippen molar-refractivity contribution in [2.45, 2.75) is 24.0 Å². The molecule has 0 spiro atoms. The van der Waals surface area contributed by atoms with E-state index in [0.29, 0.717) is 5.75 Å². The van der Waals surface area contributed by atoms with Gasteiger partial charge in [-0.25, -0.2) is 0 Å². The average Bonchev–Trinajstić information content (AvgIpc) is 2.58. The van der Waals surface area contributed by atoms with Gasteiger partial charge < -0.3 is 4.74 Å². The van der Waals surface area contributed by atoms with E-state index >= 15 is 0 Å². The highest BCUT2D eigenvalue weighted by Gasteiger charge is 2.12. The Bertz CT molecular complexity index is 870. The van der Waals surface area contributed by atoms with Crippen LogP contribution in [0.4, 0.5) is 0 Å². The molecule has 1 heterocycles. The van der Waals surface area contributed by atoms with Crippen LogP contribution in [0, 0.1) is 0 Å². The fraction of sp³-hybridized carbons (Fsp3) is 0.211. The third-order valence-electron chi connectivity index (χ3n) is 3.58. The van der Waals surface area contributed by atoms with E-state index in [0.717, 1.165) is 38.4 Å². The molecule has 2 aromatic carbocycles. The topological polar surface area (TPSA) is 26.3 Å². The van der Waals surface area contributed by atoms with Gasteiger partial charge in [-0.1, -0.05) is 31.5 Å². The van der Waals surface area contributed by atoms with Crippen molar-refractivity contribution >= 4 is 33.2 Å². The summed E-state index contributed by atoms with van der Waals surface area (Å²) >= 11 is 3.35. The normalized spacial score (nSPS) is 10.9. The van der Waals surface area contributed by atoms with E-state index in [1.807, 2.05) is 54.8 Å². The molecule has 3 rings (SSSR count). The Labute approximate surface area is 144 Å². The summed E-state index contributed by atoms with van der Waals surface area (Å²) in [5.41, 5.74) is 1.08. The molecule has 0 aliphatic carbocycles. The molecule has 0 atom stereocenters. The maximum atomic E-state index is 12.8. The first-order chi connectivity index (χ1) is 11.2. The molecule has 23 heavy (non-hydrogen) atoms. The Morgan fingerprint density at radius 1 is 1.09 bits per heavy atom. The van der Waals surface area contributed by atoms with Crippen LogP contribution in [-0.4, -0.2) is 6.26 Å². The number of fused-ring (bicyclic) bond motifs is 1. The summed E-state index contributed by atoms with van der Waals surface area (Å²) in [7, 11) is 0. The molecule has 1 aromatic heterocycles. The Morgan fingerprint density at radius 3 is 2.57 bits per heavy atom. The first kappa shape index (κ1) is 16.1. The molecule has 118 valence electrons. The van der Waals surface area contributed by atoms with Crippen LogP contribution in [0.1, 0.15) is 18.9 Å². The van der Waals surface area contributed by atoms with Crippen molar-refractivity contribution in [3.8, 4) is 11.5 Å². The van der Waals surface area contributed by atoms with Gasteiger partial charge in [-0.05, 0) is 43.0 Å². The second-order valence-electron chi connectivity index (χ2n) is 5.22. The maximum absolute atomic E-state index is 12.8. The van der Waals surface area contributed by atoms with Crippen LogP contribution in [-0.2, 0) is 6.42 Å². The van der Waals surface area contributed by atoms with Gasteiger partial charge in [-0.15, -0.1) is 23.1 Å². The third kappa shape index (κ3) is 3.43. The molecular formula is C19H18O2S2. The smallest absolute Gasteiger partial charge is 0.192 e. The SMILES string of the molecule is CCCc1c(SC)sc2ccc(Oc3ccccc3)cc2c1=O. The summed E-state index contributed by atoms with van der Waals surface area (Å²) in [5, 5.41) is 0.754. The van der Waals surface area contributed by atoms with Crippen LogP contribution >= 0.6 is 23.1 Å². The van der Waals surface area contributed by atoms with Gasteiger partial charge in [0, 0.05) is 15.6 Å². The summed E-state index contributed by atoms with van der Waals surface area (Å²) in [5.74, 6) is 1.48. The summed E-state index contributed by atoms with van der Waals surface area (Å²) in [4.78, 5) is 12.8. The van der Waals surface area contributed by atoms with Crippen LogP contribution in [0.3, 0.4) is 0 Å². The minimum Gasteiger partial charge on any atom is -0.457 e. The minimum absolute atomic E-state index is 0.142. The van der Waals surface area contributed by atoms with Gasteiger partial charge in [0.25, 0.3) is 0 Å². The van der Waals surface area contributed by atoms with Crippen LogP contribution < -0.4 is 10.2 Å². The average molecular weight is 342 g/mol. The lowest BCUT2D eigenvalue weighted by Crippen LogP contribution is -2.09. The molecule has 3 aromatic rings. The largest absolute Gasteiger partial charge is 0.457 e. The van der Waals surface area contributed by atoms with Gasteiger partial charge in [0.1, 0.15) is 11.5 Å². The lowest BCUT2D eigenvalue weighted by molar-refractivity contribution is 0.483. The zero-order valence-corrected chi connectivity index (χ0v) is 14.8. The zero-order chi connectivity index (χ0) is 16.2. The van der Waals surface area contributed by atoms with Crippen LogP contribution in [0.5, 0.6) is 11.5 Å². The number of ether oxygens (including phenoxy) is 1. The van der Waals surface area contributed by atoms with E-state index in [4.69, 9.17) is 4.74 Å². The molecule has 2 nitrogen and oxygen atoms in total. The van der Waals surface area contributed by atoms with Crippen molar-refractivity contribution < 1.29 is 4.74 Å². The molecule has 0 bridgehead atoms. The Kier molecular flexibility index (Phi) is 5.03. The first-order valence-corrected chi connectivity index (χ1v) is 9.63. The van der Waals surface area contributed by atoms with Crippen molar-refractivity contribution in [3.63, 3.8) is 0 Å². The highest BCUT2D eigenvalue weighted by molar-refractivity contribution is 8.00. The van der Waals surface area contributed by atoms with Crippen molar-refractivity contribution in [2.75, 3.05) is 6.26 Å². The molecule has 0 unspecified atom stereocenters. The van der Waals surface area contributed by atoms with Gasteiger partial charge in [-0.2, -0.15) is 0 Å². The van der Waals surface area contributed by atoms with Crippen LogP contribution in [0.2, 0.25) is 0 Å². The van der Waals surface area contributed by atoms with E-state index in [9.17, 15) is 4.79 Å². The number of thioether (sulfide) groups is 1. The standard InChI is InChI=1S/C19H18O2S2/c1-3-7-15-18(20)16-12-14(21-13-8-5-4-6-9-13)10-11-17(16)23-19(15)22-2/h4-6,8-12H,3,7H2,1-2H3. The summed E-state index contributed by atoms with van der Waals surface area (Å²) in [6, 6.07) is 15.4. The lowest BCUT2D eigenvalue weighted by Gasteiger charge is -2.09. The number of rotatable bonds is 5. The predicted molar refractivity (Wildman–Crippen MR) is 100 cm³/mol. The van der Waals surface area contributed by atoms with Crippen molar-refractivity contribution in [2.24, 2.45) is 0 Å². The van der Waals surface area contributed by atoms with Gasteiger partial charge in [-0.3, -0.25) is 4.79 Å². The quantitative estimate of drug-likeness (QED) is 0.554. The monoisotopic (exact) mass is 342 g/mol.